The van der Waals surface area contributed by atoms with E-state index in [0.717, 1.165) is 0 Å². The highest BCUT2D eigenvalue weighted by Gasteiger charge is 2.33. The first-order valence-corrected chi connectivity index (χ1v) is 9.78. The molecular weight excluding hydrogens is 396 g/mol. The number of thioether (sulfide) groups is 1. The molecule has 1 aromatic heterocycles. The van der Waals surface area contributed by atoms with E-state index in [0.29, 0.717) is 39.3 Å². The van der Waals surface area contributed by atoms with E-state index in [4.69, 9.17) is 5.73 Å². The number of hydrogen-bond acceptors (Lipinski definition) is 5. The lowest BCUT2D eigenvalue weighted by molar-refractivity contribution is -0.115. The van der Waals surface area contributed by atoms with Crippen molar-refractivity contribution in [1.82, 2.24) is 14.8 Å². The van der Waals surface area contributed by atoms with Crippen LogP contribution in [0.1, 0.15) is 24.1 Å². The lowest BCUT2D eigenvalue weighted by Crippen LogP contribution is -2.31. The SMILES string of the molecule is CC1=C(C(N)=O)[C@@H](c2ccc(F)cc2)n2nc(SCc3ccccc3F)nc2N1. The molecule has 0 saturated carbocycles. The number of carbonyl (C=O) groups is 1. The van der Waals surface area contributed by atoms with Gasteiger partial charge in [-0.1, -0.05) is 42.1 Å². The smallest absolute Gasteiger partial charge is 0.248 e. The van der Waals surface area contributed by atoms with E-state index in [1.165, 1.54) is 30.0 Å². The number of benzene rings is 2. The lowest BCUT2D eigenvalue weighted by atomic mass is 9.95. The average Bonchev–Trinajstić information content (AvgIpc) is 3.09. The molecule has 1 amide bonds. The number of nitrogens with zero attached hydrogens (tertiary/aromatic N) is 3. The summed E-state index contributed by atoms with van der Waals surface area (Å²) in [7, 11) is 0. The van der Waals surface area contributed by atoms with Gasteiger partial charge >= 0.3 is 0 Å². The van der Waals surface area contributed by atoms with Crippen LogP contribution in [0.15, 0.2) is 65.0 Å². The Labute approximate surface area is 169 Å². The molecule has 0 unspecified atom stereocenters. The molecule has 148 valence electrons. The van der Waals surface area contributed by atoms with Crippen LogP contribution < -0.4 is 11.1 Å². The molecule has 0 fully saturated rings. The Bertz CT molecular complexity index is 1110. The normalized spacial score (nSPS) is 15.8. The molecule has 2 heterocycles. The summed E-state index contributed by atoms with van der Waals surface area (Å²) < 4.78 is 28.8. The number of primary amides is 1. The monoisotopic (exact) mass is 413 g/mol. The van der Waals surface area contributed by atoms with Gasteiger partial charge in [0.2, 0.25) is 17.0 Å². The van der Waals surface area contributed by atoms with E-state index in [9.17, 15) is 13.6 Å². The molecule has 0 bridgehead atoms. The number of aromatic nitrogens is 3. The first kappa shape index (κ1) is 19.1. The second-order valence-corrected chi connectivity index (χ2v) is 7.47. The van der Waals surface area contributed by atoms with Crippen molar-refractivity contribution in [1.29, 1.82) is 0 Å². The maximum Gasteiger partial charge on any atom is 0.248 e. The summed E-state index contributed by atoms with van der Waals surface area (Å²) >= 11 is 1.27. The quantitative estimate of drug-likeness (QED) is 0.624. The molecule has 6 nitrogen and oxygen atoms in total. The number of nitrogens with two attached hydrogens (primary N) is 1. The van der Waals surface area contributed by atoms with E-state index < -0.39 is 11.9 Å². The van der Waals surface area contributed by atoms with Crippen LogP contribution in [0, 0.1) is 11.6 Å². The van der Waals surface area contributed by atoms with Gasteiger partial charge in [0.1, 0.15) is 17.7 Å². The zero-order chi connectivity index (χ0) is 20.5. The summed E-state index contributed by atoms with van der Waals surface area (Å²) in [6.45, 7) is 1.72. The van der Waals surface area contributed by atoms with Crippen molar-refractivity contribution < 1.29 is 13.6 Å². The zero-order valence-corrected chi connectivity index (χ0v) is 16.2. The minimum absolute atomic E-state index is 0.292. The Kier molecular flexibility index (Phi) is 5.06. The molecule has 0 saturated heterocycles. The van der Waals surface area contributed by atoms with Crippen molar-refractivity contribution in [2.45, 2.75) is 23.9 Å². The van der Waals surface area contributed by atoms with E-state index in [1.54, 1.807) is 41.9 Å². The molecule has 0 radical (unpaired) electrons. The molecule has 29 heavy (non-hydrogen) atoms. The van der Waals surface area contributed by atoms with Crippen molar-refractivity contribution in [3.63, 3.8) is 0 Å². The minimum atomic E-state index is -0.639. The number of anilines is 1. The fraction of sp³-hybridized carbons (Fsp3) is 0.150. The standard InChI is InChI=1S/C20H17F2N5OS/c1-11-16(18(23)28)17(12-6-8-14(21)9-7-12)27-19(24-11)25-20(26-27)29-10-13-4-2-3-5-15(13)22/h2-9,17H,10H2,1H3,(H2,23,28)(H,24,25,26)/t17-/m1/s1. The third-order valence-electron chi connectivity index (χ3n) is 4.60. The van der Waals surface area contributed by atoms with E-state index in [1.807, 2.05) is 0 Å². The predicted octanol–water partition coefficient (Wildman–Crippen LogP) is 3.62. The number of fused-ring (bicyclic) bond motifs is 1. The first-order valence-electron chi connectivity index (χ1n) is 8.80. The molecule has 0 spiro atoms. The molecule has 0 aliphatic carbocycles. The fourth-order valence-corrected chi connectivity index (χ4v) is 4.04. The van der Waals surface area contributed by atoms with Gasteiger partial charge in [0.15, 0.2) is 0 Å². The highest BCUT2D eigenvalue weighted by atomic mass is 32.2. The van der Waals surface area contributed by atoms with Gasteiger partial charge in [-0.3, -0.25) is 4.79 Å². The number of nitrogens with one attached hydrogen (secondary N) is 1. The fourth-order valence-electron chi connectivity index (χ4n) is 3.22. The Morgan fingerprint density at radius 3 is 2.62 bits per heavy atom. The Hall–Kier alpha value is -3.20. The number of allylic oxidation sites excluding steroid dienone is 1. The largest absolute Gasteiger partial charge is 0.366 e. The molecule has 9 heteroatoms. The maximum absolute atomic E-state index is 13.9. The second kappa shape index (κ2) is 7.67. The van der Waals surface area contributed by atoms with Crippen LogP contribution in [0.25, 0.3) is 0 Å². The van der Waals surface area contributed by atoms with Gasteiger partial charge in [-0.15, -0.1) is 5.10 Å². The van der Waals surface area contributed by atoms with Crippen LogP contribution in [0.4, 0.5) is 14.7 Å². The van der Waals surface area contributed by atoms with E-state index in [2.05, 4.69) is 15.4 Å². The van der Waals surface area contributed by atoms with Gasteiger partial charge in [0, 0.05) is 11.4 Å². The third kappa shape index (κ3) is 3.73. The first-order chi connectivity index (χ1) is 13.9. The lowest BCUT2D eigenvalue weighted by Gasteiger charge is -2.27. The predicted molar refractivity (Wildman–Crippen MR) is 106 cm³/mol. The van der Waals surface area contributed by atoms with E-state index in [-0.39, 0.29) is 11.6 Å². The summed E-state index contributed by atoms with van der Waals surface area (Å²) in [4.78, 5) is 16.6. The van der Waals surface area contributed by atoms with Crippen molar-refractivity contribution in [2.75, 3.05) is 5.32 Å². The van der Waals surface area contributed by atoms with Crippen molar-refractivity contribution >= 4 is 23.6 Å². The molecule has 1 aliphatic rings. The number of halogens is 2. The number of hydrogen-bond donors (Lipinski definition) is 2. The van der Waals surface area contributed by atoms with Gasteiger partial charge in [-0.2, -0.15) is 4.98 Å². The van der Waals surface area contributed by atoms with Crippen LogP contribution in [-0.2, 0) is 10.5 Å². The summed E-state index contributed by atoms with van der Waals surface area (Å²) in [5, 5.41) is 7.95. The molecule has 3 N–H and O–H groups in total. The van der Waals surface area contributed by atoms with Gasteiger partial charge in [0.25, 0.3) is 0 Å². The zero-order valence-electron chi connectivity index (χ0n) is 15.4. The van der Waals surface area contributed by atoms with Gasteiger partial charge in [0.05, 0.1) is 5.57 Å². The second-order valence-electron chi connectivity index (χ2n) is 6.52. The van der Waals surface area contributed by atoms with E-state index >= 15 is 0 Å². The minimum Gasteiger partial charge on any atom is -0.366 e. The van der Waals surface area contributed by atoms with Crippen LogP contribution in [0.2, 0.25) is 0 Å². The Morgan fingerprint density at radius 1 is 1.21 bits per heavy atom. The third-order valence-corrected chi connectivity index (χ3v) is 5.49. The van der Waals surface area contributed by atoms with Crippen LogP contribution in [-0.4, -0.2) is 20.7 Å². The van der Waals surface area contributed by atoms with Crippen LogP contribution in [0.3, 0.4) is 0 Å². The molecular formula is C20H17F2N5OS. The summed E-state index contributed by atoms with van der Waals surface area (Å²) in [5.41, 5.74) is 7.68. The summed E-state index contributed by atoms with van der Waals surface area (Å²) in [6, 6.07) is 11.7. The number of rotatable bonds is 5. The van der Waals surface area contributed by atoms with Crippen molar-refractivity contribution in [3.8, 4) is 0 Å². The highest BCUT2D eigenvalue weighted by Crippen LogP contribution is 2.36. The number of amides is 1. The summed E-state index contributed by atoms with van der Waals surface area (Å²) in [6.07, 6.45) is 0. The highest BCUT2D eigenvalue weighted by molar-refractivity contribution is 7.98. The maximum atomic E-state index is 13.9. The van der Waals surface area contributed by atoms with Gasteiger partial charge in [-0.05, 0) is 36.2 Å². The topological polar surface area (TPSA) is 85.8 Å². The molecule has 4 rings (SSSR count). The molecule has 1 aliphatic heterocycles. The number of carbonyl (C=O) groups excluding carboxylic acids is 1. The molecule has 2 aromatic carbocycles. The molecule has 1 atom stereocenters. The molecule has 3 aromatic rings. The van der Waals surface area contributed by atoms with Gasteiger partial charge < -0.3 is 11.1 Å². The van der Waals surface area contributed by atoms with Crippen molar-refractivity contribution in [2.24, 2.45) is 5.73 Å². The summed E-state index contributed by atoms with van der Waals surface area (Å²) in [5.74, 6) is -0.500. The van der Waals surface area contributed by atoms with Crippen molar-refractivity contribution in [3.05, 3.63) is 82.6 Å². The van der Waals surface area contributed by atoms with Crippen LogP contribution >= 0.6 is 11.8 Å². The van der Waals surface area contributed by atoms with Gasteiger partial charge in [-0.25, -0.2) is 13.5 Å². The Balaban J connectivity index is 1.69. The Morgan fingerprint density at radius 2 is 1.93 bits per heavy atom. The van der Waals surface area contributed by atoms with Crippen LogP contribution in [0.5, 0.6) is 0 Å². The average molecular weight is 413 g/mol.